The highest BCUT2D eigenvalue weighted by Gasteiger charge is 2.23. The summed E-state index contributed by atoms with van der Waals surface area (Å²) in [5, 5.41) is 0.289. The van der Waals surface area contributed by atoms with Crippen LogP contribution in [-0.2, 0) is 14.6 Å². The number of hydrogen-bond acceptors (Lipinski definition) is 7. The fraction of sp³-hybridized carbons (Fsp3) is 0.312. The topological polar surface area (TPSA) is 106 Å². The minimum Gasteiger partial charge on any atom is -0.382 e. The molecule has 0 atom stereocenters. The molecule has 0 unspecified atom stereocenters. The molecule has 0 bridgehead atoms. The van der Waals surface area contributed by atoms with Crippen LogP contribution in [0, 0.1) is 0 Å². The van der Waals surface area contributed by atoms with Gasteiger partial charge in [-0.2, -0.15) is 0 Å². The summed E-state index contributed by atoms with van der Waals surface area (Å²) in [5.74, 6) is 0.130. The molecule has 3 rings (SSSR count). The van der Waals surface area contributed by atoms with Crippen LogP contribution in [0.3, 0.4) is 0 Å². The SMILES string of the molecule is Nc1nc(SCC(=O)N2CCCC2)ncc1S(=O)(=O)c1ccccc1. The van der Waals surface area contributed by atoms with Crippen molar-refractivity contribution in [3.8, 4) is 0 Å². The van der Waals surface area contributed by atoms with E-state index >= 15 is 0 Å². The van der Waals surface area contributed by atoms with Crippen molar-refractivity contribution in [3.05, 3.63) is 36.5 Å². The van der Waals surface area contributed by atoms with E-state index in [4.69, 9.17) is 5.73 Å². The van der Waals surface area contributed by atoms with Gasteiger partial charge < -0.3 is 10.6 Å². The second kappa shape index (κ2) is 7.40. The lowest BCUT2D eigenvalue weighted by Gasteiger charge is -2.14. The van der Waals surface area contributed by atoms with Crippen molar-refractivity contribution in [2.75, 3.05) is 24.6 Å². The second-order valence-electron chi connectivity index (χ2n) is 5.60. The summed E-state index contributed by atoms with van der Waals surface area (Å²) in [6, 6.07) is 7.99. The van der Waals surface area contributed by atoms with Gasteiger partial charge in [0, 0.05) is 13.1 Å². The number of amides is 1. The average Bonchev–Trinajstić information content (AvgIpc) is 3.15. The van der Waals surface area contributed by atoms with Gasteiger partial charge in [-0.05, 0) is 25.0 Å². The fourth-order valence-electron chi connectivity index (χ4n) is 2.55. The summed E-state index contributed by atoms with van der Waals surface area (Å²) in [4.78, 5) is 21.9. The summed E-state index contributed by atoms with van der Waals surface area (Å²) >= 11 is 1.16. The van der Waals surface area contributed by atoms with E-state index in [9.17, 15) is 13.2 Å². The van der Waals surface area contributed by atoms with Gasteiger partial charge in [0.2, 0.25) is 15.7 Å². The standard InChI is InChI=1S/C16H18N4O3S2/c17-15-13(25(22,23)12-6-2-1-3-7-12)10-18-16(19-15)24-11-14(21)20-8-4-5-9-20/h1-3,6-7,10H,4-5,8-9,11H2,(H2,17,18,19). The first-order chi connectivity index (χ1) is 12.0. The molecule has 7 nitrogen and oxygen atoms in total. The van der Waals surface area contributed by atoms with Gasteiger partial charge in [0.15, 0.2) is 5.16 Å². The predicted octanol–water partition coefficient (Wildman–Crippen LogP) is 1.61. The van der Waals surface area contributed by atoms with Gasteiger partial charge in [0.1, 0.15) is 10.7 Å². The fourth-order valence-corrected chi connectivity index (χ4v) is 4.56. The van der Waals surface area contributed by atoms with Crippen LogP contribution in [0.2, 0.25) is 0 Å². The number of hydrogen-bond donors (Lipinski definition) is 1. The Hall–Kier alpha value is -2.13. The highest BCUT2D eigenvalue weighted by atomic mass is 32.2. The van der Waals surface area contributed by atoms with E-state index in [1.807, 2.05) is 4.90 Å². The molecule has 132 valence electrons. The van der Waals surface area contributed by atoms with Gasteiger partial charge in [-0.1, -0.05) is 30.0 Å². The zero-order chi connectivity index (χ0) is 17.9. The number of aromatic nitrogens is 2. The normalized spacial score (nSPS) is 14.6. The molecule has 2 aromatic rings. The lowest BCUT2D eigenvalue weighted by atomic mass is 10.4. The van der Waals surface area contributed by atoms with Crippen molar-refractivity contribution in [1.82, 2.24) is 14.9 Å². The highest BCUT2D eigenvalue weighted by molar-refractivity contribution is 7.99. The summed E-state index contributed by atoms with van der Waals surface area (Å²) in [7, 11) is -3.77. The summed E-state index contributed by atoms with van der Waals surface area (Å²) < 4.78 is 25.2. The van der Waals surface area contributed by atoms with Crippen molar-refractivity contribution in [2.24, 2.45) is 0 Å². The van der Waals surface area contributed by atoms with E-state index < -0.39 is 9.84 Å². The molecule has 1 aliphatic heterocycles. The minimum absolute atomic E-state index is 0.0330. The van der Waals surface area contributed by atoms with Crippen molar-refractivity contribution in [3.63, 3.8) is 0 Å². The number of thioether (sulfide) groups is 1. The molecule has 1 saturated heterocycles. The van der Waals surface area contributed by atoms with E-state index in [1.165, 1.54) is 18.3 Å². The molecule has 1 fully saturated rings. The number of rotatable bonds is 5. The number of sulfone groups is 1. The Bertz CT molecular complexity index is 866. The number of nitrogens with zero attached hydrogens (tertiary/aromatic N) is 3. The molecular weight excluding hydrogens is 360 g/mol. The number of nitrogens with two attached hydrogens (primary N) is 1. The van der Waals surface area contributed by atoms with Crippen LogP contribution in [-0.4, -0.2) is 48.0 Å². The predicted molar refractivity (Wildman–Crippen MR) is 94.9 cm³/mol. The quantitative estimate of drug-likeness (QED) is 0.622. The molecule has 25 heavy (non-hydrogen) atoms. The first kappa shape index (κ1) is 17.7. The molecule has 0 spiro atoms. The third kappa shape index (κ3) is 3.93. The van der Waals surface area contributed by atoms with Crippen LogP contribution in [0.25, 0.3) is 0 Å². The Morgan fingerprint density at radius 1 is 1.20 bits per heavy atom. The Kier molecular flexibility index (Phi) is 5.24. The zero-order valence-electron chi connectivity index (χ0n) is 13.5. The van der Waals surface area contributed by atoms with Gasteiger partial charge in [-0.3, -0.25) is 4.79 Å². The van der Waals surface area contributed by atoms with Crippen LogP contribution in [0.1, 0.15) is 12.8 Å². The minimum atomic E-state index is -3.77. The Morgan fingerprint density at radius 3 is 2.52 bits per heavy atom. The first-order valence-corrected chi connectivity index (χ1v) is 10.3. The van der Waals surface area contributed by atoms with Crippen molar-refractivity contribution in [1.29, 1.82) is 0 Å². The smallest absolute Gasteiger partial charge is 0.233 e. The molecule has 2 heterocycles. The molecule has 2 N–H and O–H groups in total. The van der Waals surface area contributed by atoms with Gasteiger partial charge >= 0.3 is 0 Å². The van der Waals surface area contributed by atoms with Crippen molar-refractivity contribution in [2.45, 2.75) is 27.8 Å². The van der Waals surface area contributed by atoms with Crippen molar-refractivity contribution < 1.29 is 13.2 Å². The number of likely N-dealkylation sites (tertiary alicyclic amines) is 1. The average molecular weight is 378 g/mol. The Morgan fingerprint density at radius 2 is 1.88 bits per heavy atom. The maximum absolute atomic E-state index is 12.6. The lowest BCUT2D eigenvalue weighted by Crippen LogP contribution is -2.29. The van der Waals surface area contributed by atoms with Gasteiger partial charge in [-0.25, -0.2) is 18.4 Å². The molecule has 1 aromatic carbocycles. The van der Waals surface area contributed by atoms with E-state index in [0.717, 1.165) is 37.7 Å². The van der Waals surface area contributed by atoms with Gasteiger partial charge in [0.25, 0.3) is 0 Å². The largest absolute Gasteiger partial charge is 0.382 e. The molecule has 0 saturated carbocycles. The Balaban J connectivity index is 1.74. The first-order valence-electron chi connectivity index (χ1n) is 7.82. The lowest BCUT2D eigenvalue weighted by molar-refractivity contribution is -0.127. The molecular formula is C16H18N4O3S2. The number of benzene rings is 1. The third-order valence-corrected chi connectivity index (χ3v) is 6.52. The van der Waals surface area contributed by atoms with Gasteiger partial charge in [-0.15, -0.1) is 0 Å². The van der Waals surface area contributed by atoms with E-state index in [2.05, 4.69) is 9.97 Å². The molecule has 0 radical (unpaired) electrons. The van der Waals surface area contributed by atoms with E-state index in [-0.39, 0.29) is 32.4 Å². The van der Waals surface area contributed by atoms with Crippen LogP contribution in [0.5, 0.6) is 0 Å². The molecule has 1 amide bonds. The molecule has 1 aromatic heterocycles. The van der Waals surface area contributed by atoms with Crippen LogP contribution >= 0.6 is 11.8 Å². The highest BCUT2D eigenvalue weighted by Crippen LogP contribution is 2.26. The summed E-state index contributed by atoms with van der Waals surface area (Å²) in [5.41, 5.74) is 5.83. The summed E-state index contributed by atoms with van der Waals surface area (Å²) in [6.45, 7) is 1.58. The van der Waals surface area contributed by atoms with E-state index in [1.54, 1.807) is 18.2 Å². The van der Waals surface area contributed by atoms with Crippen molar-refractivity contribution >= 4 is 33.3 Å². The zero-order valence-corrected chi connectivity index (χ0v) is 15.1. The number of nitrogen functional groups attached to an aromatic ring is 1. The molecule has 0 aliphatic carbocycles. The number of carbonyl (C=O) groups excluding carboxylic acids is 1. The van der Waals surface area contributed by atoms with Gasteiger partial charge in [0.05, 0.1) is 16.8 Å². The maximum Gasteiger partial charge on any atom is 0.233 e. The molecule has 9 heteroatoms. The van der Waals surface area contributed by atoms with Crippen LogP contribution in [0.4, 0.5) is 5.82 Å². The maximum atomic E-state index is 12.6. The number of anilines is 1. The summed E-state index contributed by atoms with van der Waals surface area (Å²) in [6.07, 6.45) is 3.27. The Labute approximate surface area is 150 Å². The third-order valence-electron chi connectivity index (χ3n) is 3.89. The second-order valence-corrected chi connectivity index (χ2v) is 8.46. The number of carbonyl (C=O) groups is 1. The molecule has 1 aliphatic rings. The monoisotopic (exact) mass is 378 g/mol. The van der Waals surface area contributed by atoms with Crippen LogP contribution in [0.15, 0.2) is 51.5 Å². The van der Waals surface area contributed by atoms with Crippen LogP contribution < -0.4 is 5.73 Å². The van der Waals surface area contributed by atoms with E-state index in [0.29, 0.717) is 0 Å².